The first-order valence-corrected chi connectivity index (χ1v) is 5.32. The van der Waals surface area contributed by atoms with E-state index in [0.717, 1.165) is 12.1 Å². The van der Waals surface area contributed by atoms with Gasteiger partial charge >= 0.3 is 0 Å². The van der Waals surface area contributed by atoms with Gasteiger partial charge in [0.25, 0.3) is 0 Å². The molecular weight excluding hydrogens is 280 g/mol. The first kappa shape index (κ1) is 11.3. The lowest BCUT2D eigenvalue weighted by Gasteiger charge is -2.10. The lowest BCUT2D eigenvalue weighted by atomic mass is 10.0. The van der Waals surface area contributed by atoms with Crippen LogP contribution in [0.15, 0.2) is 39.6 Å². The quantitative estimate of drug-likeness (QED) is 0.920. The molecule has 2 aromatic rings. The van der Waals surface area contributed by atoms with Crippen molar-refractivity contribution in [2.24, 2.45) is 5.73 Å². The monoisotopic (exact) mass is 287 g/mol. The van der Waals surface area contributed by atoms with Crippen molar-refractivity contribution in [1.82, 2.24) is 0 Å². The van der Waals surface area contributed by atoms with Crippen LogP contribution in [-0.2, 0) is 0 Å². The highest BCUT2D eigenvalue weighted by molar-refractivity contribution is 9.10. The first-order chi connectivity index (χ1) is 7.59. The maximum absolute atomic E-state index is 13.0. The molecule has 0 saturated heterocycles. The molecule has 2 nitrogen and oxygen atoms in total. The fourth-order valence-corrected chi connectivity index (χ4v) is 1.90. The van der Waals surface area contributed by atoms with Gasteiger partial charge in [-0.1, -0.05) is 6.07 Å². The third kappa shape index (κ3) is 2.01. The summed E-state index contributed by atoms with van der Waals surface area (Å²) >= 11 is 3.18. The van der Waals surface area contributed by atoms with Gasteiger partial charge in [0.15, 0.2) is 16.3 Å². The van der Waals surface area contributed by atoms with E-state index in [4.69, 9.17) is 10.2 Å². The Bertz CT molecular complexity index is 512. The lowest BCUT2D eigenvalue weighted by Crippen LogP contribution is -2.12. The highest BCUT2D eigenvalue weighted by atomic mass is 79.9. The molecule has 1 aromatic carbocycles. The van der Waals surface area contributed by atoms with E-state index in [-0.39, 0.29) is 0 Å². The molecule has 0 aliphatic rings. The minimum atomic E-state index is -0.910. The number of furan rings is 1. The van der Waals surface area contributed by atoms with Crippen LogP contribution in [0.4, 0.5) is 8.78 Å². The molecule has 0 aliphatic heterocycles. The van der Waals surface area contributed by atoms with Crippen molar-refractivity contribution in [2.45, 2.75) is 6.04 Å². The van der Waals surface area contributed by atoms with Gasteiger partial charge in [-0.25, -0.2) is 8.78 Å². The second-order valence-corrected chi connectivity index (χ2v) is 4.02. The Hall–Kier alpha value is -1.20. The van der Waals surface area contributed by atoms with Crippen LogP contribution in [0.5, 0.6) is 0 Å². The molecule has 1 aromatic heterocycles. The molecular formula is C11H8BrF2NO. The highest BCUT2D eigenvalue weighted by Crippen LogP contribution is 2.28. The van der Waals surface area contributed by atoms with E-state index in [1.807, 2.05) is 0 Å². The van der Waals surface area contributed by atoms with Crippen LogP contribution in [0.2, 0.25) is 0 Å². The summed E-state index contributed by atoms with van der Waals surface area (Å²) in [5.74, 6) is -1.80. The maximum Gasteiger partial charge on any atom is 0.174 e. The standard InChI is InChI=1S/C11H8BrF2NO/c12-11-7(3-4-16-11)10(15)6-1-2-8(13)9(14)5-6/h1-5,10H,15H2. The summed E-state index contributed by atoms with van der Waals surface area (Å²) in [7, 11) is 0. The molecule has 0 radical (unpaired) electrons. The molecule has 0 amide bonds. The molecule has 1 unspecified atom stereocenters. The number of benzene rings is 1. The zero-order chi connectivity index (χ0) is 11.7. The summed E-state index contributed by atoms with van der Waals surface area (Å²) in [6.45, 7) is 0. The van der Waals surface area contributed by atoms with E-state index < -0.39 is 17.7 Å². The number of rotatable bonds is 2. The Kier molecular flexibility index (Phi) is 3.07. The summed E-state index contributed by atoms with van der Waals surface area (Å²) in [5.41, 5.74) is 7.07. The van der Waals surface area contributed by atoms with Crippen LogP contribution in [0.3, 0.4) is 0 Å². The number of hydrogen-bond acceptors (Lipinski definition) is 2. The van der Waals surface area contributed by atoms with Crippen LogP contribution in [0, 0.1) is 11.6 Å². The SMILES string of the molecule is NC(c1ccc(F)c(F)c1)c1ccoc1Br. The van der Waals surface area contributed by atoms with Crippen molar-refractivity contribution in [3.8, 4) is 0 Å². The van der Waals surface area contributed by atoms with Gasteiger partial charge in [-0.3, -0.25) is 0 Å². The summed E-state index contributed by atoms with van der Waals surface area (Å²) < 4.78 is 31.3. The third-order valence-electron chi connectivity index (χ3n) is 2.28. The summed E-state index contributed by atoms with van der Waals surface area (Å²) in [6.07, 6.45) is 1.47. The molecule has 1 heterocycles. The van der Waals surface area contributed by atoms with E-state index >= 15 is 0 Å². The Morgan fingerprint density at radius 2 is 1.94 bits per heavy atom. The van der Waals surface area contributed by atoms with E-state index in [1.165, 1.54) is 12.3 Å². The van der Waals surface area contributed by atoms with Gasteiger partial charge in [0.2, 0.25) is 0 Å². The van der Waals surface area contributed by atoms with Crippen LogP contribution < -0.4 is 5.73 Å². The van der Waals surface area contributed by atoms with Crippen molar-refractivity contribution in [1.29, 1.82) is 0 Å². The second-order valence-electron chi connectivity index (χ2n) is 3.30. The van der Waals surface area contributed by atoms with Gasteiger partial charge in [0, 0.05) is 5.56 Å². The maximum atomic E-state index is 13.0. The molecule has 16 heavy (non-hydrogen) atoms. The topological polar surface area (TPSA) is 39.2 Å². The minimum absolute atomic E-state index is 0.487. The first-order valence-electron chi connectivity index (χ1n) is 4.53. The van der Waals surface area contributed by atoms with Gasteiger partial charge in [-0.2, -0.15) is 0 Å². The zero-order valence-electron chi connectivity index (χ0n) is 8.08. The third-order valence-corrected chi connectivity index (χ3v) is 2.93. The number of halogens is 3. The van der Waals surface area contributed by atoms with Crippen molar-refractivity contribution in [2.75, 3.05) is 0 Å². The van der Waals surface area contributed by atoms with Crippen molar-refractivity contribution in [3.05, 3.63) is 58.0 Å². The van der Waals surface area contributed by atoms with Crippen molar-refractivity contribution >= 4 is 15.9 Å². The molecule has 0 bridgehead atoms. The van der Waals surface area contributed by atoms with Crippen LogP contribution in [0.25, 0.3) is 0 Å². The molecule has 0 fully saturated rings. The predicted octanol–water partition coefficient (Wildman–Crippen LogP) is 3.37. The Morgan fingerprint density at radius 1 is 1.19 bits per heavy atom. The molecule has 0 aliphatic carbocycles. The van der Waals surface area contributed by atoms with Crippen LogP contribution >= 0.6 is 15.9 Å². The molecule has 0 spiro atoms. The van der Waals surface area contributed by atoms with E-state index in [2.05, 4.69) is 15.9 Å². The average Bonchev–Trinajstić information content (AvgIpc) is 2.67. The van der Waals surface area contributed by atoms with Gasteiger partial charge < -0.3 is 10.2 Å². The van der Waals surface area contributed by atoms with Crippen LogP contribution in [-0.4, -0.2) is 0 Å². The summed E-state index contributed by atoms with van der Waals surface area (Å²) in [6, 6.07) is 4.71. The average molecular weight is 288 g/mol. The molecule has 1 atom stereocenters. The molecule has 2 N–H and O–H groups in total. The summed E-state index contributed by atoms with van der Waals surface area (Å²) in [5, 5.41) is 0. The molecule has 0 saturated carbocycles. The summed E-state index contributed by atoms with van der Waals surface area (Å²) in [4.78, 5) is 0. The Morgan fingerprint density at radius 3 is 2.50 bits per heavy atom. The number of nitrogens with two attached hydrogens (primary N) is 1. The van der Waals surface area contributed by atoms with Crippen molar-refractivity contribution < 1.29 is 13.2 Å². The number of hydrogen-bond donors (Lipinski definition) is 1. The van der Waals surface area contributed by atoms with Gasteiger partial charge in [0.1, 0.15) is 0 Å². The van der Waals surface area contributed by atoms with E-state index in [9.17, 15) is 8.78 Å². The van der Waals surface area contributed by atoms with Crippen LogP contribution in [0.1, 0.15) is 17.2 Å². The normalized spacial score (nSPS) is 12.8. The van der Waals surface area contributed by atoms with E-state index in [1.54, 1.807) is 6.07 Å². The van der Waals surface area contributed by atoms with E-state index in [0.29, 0.717) is 15.8 Å². The fourth-order valence-electron chi connectivity index (χ4n) is 1.41. The highest BCUT2D eigenvalue weighted by Gasteiger charge is 2.16. The largest absolute Gasteiger partial charge is 0.457 e. The van der Waals surface area contributed by atoms with Crippen molar-refractivity contribution in [3.63, 3.8) is 0 Å². The minimum Gasteiger partial charge on any atom is -0.457 e. The van der Waals surface area contributed by atoms with Gasteiger partial charge in [-0.15, -0.1) is 0 Å². The Labute approximate surface area is 99.2 Å². The smallest absolute Gasteiger partial charge is 0.174 e. The molecule has 84 valence electrons. The molecule has 5 heteroatoms. The second kappa shape index (κ2) is 4.35. The lowest BCUT2D eigenvalue weighted by molar-refractivity contribution is 0.505. The predicted molar refractivity (Wildman–Crippen MR) is 58.8 cm³/mol. The zero-order valence-corrected chi connectivity index (χ0v) is 9.67. The van der Waals surface area contributed by atoms with Gasteiger partial charge in [-0.05, 0) is 39.7 Å². The molecule has 2 rings (SSSR count). The van der Waals surface area contributed by atoms with Gasteiger partial charge in [0.05, 0.1) is 12.3 Å². The fraction of sp³-hybridized carbons (Fsp3) is 0.0909. The Balaban J connectivity index is 2.38.